The van der Waals surface area contributed by atoms with Crippen LogP contribution in [0.25, 0.3) is 6.08 Å². The highest BCUT2D eigenvalue weighted by atomic mass is 32.2. The van der Waals surface area contributed by atoms with Crippen LogP contribution < -0.4 is 4.90 Å². The van der Waals surface area contributed by atoms with E-state index in [-0.39, 0.29) is 16.8 Å². The molecule has 0 aliphatic carbocycles. The number of benzene rings is 2. The minimum atomic E-state index is -0.473. The van der Waals surface area contributed by atoms with Crippen molar-refractivity contribution in [2.24, 2.45) is 0 Å². The number of carbonyl (C=O) groups is 1. The lowest BCUT2D eigenvalue weighted by atomic mass is 10.2. The number of hydrogen-bond donors (Lipinski definition) is 1. The van der Waals surface area contributed by atoms with Gasteiger partial charge in [-0.25, -0.2) is 0 Å². The maximum Gasteiger partial charge on any atom is 0.271 e. The second kappa shape index (κ2) is 6.05. The number of carbonyl (C=O) groups excluding carboxylic acids is 1. The molecule has 1 heterocycles. The lowest BCUT2D eigenvalue weighted by Crippen LogP contribution is -2.27. The van der Waals surface area contributed by atoms with E-state index < -0.39 is 4.92 Å². The molecule has 0 atom stereocenters. The molecule has 2 aromatic carbocycles. The van der Waals surface area contributed by atoms with Crippen molar-refractivity contribution >= 4 is 40.3 Å². The van der Waals surface area contributed by atoms with E-state index in [1.54, 1.807) is 42.5 Å². The van der Waals surface area contributed by atoms with E-state index in [2.05, 4.69) is 0 Å². The Morgan fingerprint density at radius 2 is 1.74 bits per heavy atom. The van der Waals surface area contributed by atoms with Gasteiger partial charge >= 0.3 is 0 Å². The Balaban J connectivity index is 1.88. The number of nitrogens with one attached hydrogen (secondary N) is 1. The Morgan fingerprint density at radius 3 is 2.35 bits per heavy atom. The maximum absolute atomic E-state index is 12.5. The highest BCUT2D eigenvalue weighted by Crippen LogP contribution is 2.35. The topological polar surface area (TPSA) is 87.3 Å². The van der Waals surface area contributed by atoms with Crippen molar-refractivity contribution in [3.8, 4) is 0 Å². The van der Waals surface area contributed by atoms with Gasteiger partial charge in [0, 0.05) is 12.1 Å². The van der Waals surface area contributed by atoms with E-state index in [9.17, 15) is 14.9 Å². The second-order valence-electron chi connectivity index (χ2n) is 4.74. The zero-order chi connectivity index (χ0) is 16.4. The molecule has 1 aliphatic rings. The average molecular weight is 325 g/mol. The van der Waals surface area contributed by atoms with Gasteiger partial charge in [-0.3, -0.25) is 25.2 Å². The van der Waals surface area contributed by atoms with Crippen LogP contribution >= 0.6 is 11.8 Å². The summed E-state index contributed by atoms with van der Waals surface area (Å²) in [6.07, 6.45) is 1.63. The summed E-state index contributed by atoms with van der Waals surface area (Å²) < 4.78 is 0. The smallest absolute Gasteiger partial charge is 0.271 e. The molecule has 1 fully saturated rings. The van der Waals surface area contributed by atoms with Crippen LogP contribution in [0.5, 0.6) is 0 Å². The summed E-state index contributed by atoms with van der Waals surface area (Å²) in [5, 5.41) is 18.8. The molecule has 7 heteroatoms. The SMILES string of the molecule is N=C1S/C(=C\c2ccc([N+](=O)[O-])cc2)C(=O)N1c1ccccc1. The lowest BCUT2D eigenvalue weighted by molar-refractivity contribution is -0.384. The standard InChI is InChI=1S/C16H11N3O3S/c17-16-18(12-4-2-1-3-5-12)15(20)14(23-16)10-11-6-8-13(9-7-11)19(21)22/h1-10,17H/b14-10-,17-16?. The fourth-order valence-electron chi connectivity index (χ4n) is 2.14. The minimum Gasteiger partial charge on any atom is -0.278 e. The van der Waals surface area contributed by atoms with Gasteiger partial charge in [-0.15, -0.1) is 0 Å². The van der Waals surface area contributed by atoms with Gasteiger partial charge in [-0.2, -0.15) is 0 Å². The number of nitrogens with zero attached hydrogens (tertiary/aromatic N) is 2. The Kier molecular flexibility index (Phi) is 3.94. The van der Waals surface area contributed by atoms with Crippen LogP contribution in [0.4, 0.5) is 11.4 Å². The molecule has 1 N–H and O–H groups in total. The van der Waals surface area contributed by atoms with Crippen molar-refractivity contribution in [3.05, 3.63) is 75.2 Å². The number of rotatable bonds is 3. The Labute approximate surface area is 136 Å². The quantitative estimate of drug-likeness (QED) is 0.530. The summed E-state index contributed by atoms with van der Waals surface area (Å²) in [5.74, 6) is -0.274. The molecule has 6 nitrogen and oxygen atoms in total. The molecule has 1 amide bonds. The predicted octanol–water partition coefficient (Wildman–Crippen LogP) is 3.65. The highest BCUT2D eigenvalue weighted by molar-refractivity contribution is 8.19. The summed E-state index contributed by atoms with van der Waals surface area (Å²) in [6.45, 7) is 0. The fourth-order valence-corrected chi connectivity index (χ4v) is 3.00. The van der Waals surface area contributed by atoms with Crippen LogP contribution in [0.3, 0.4) is 0 Å². The first-order chi connectivity index (χ1) is 11.1. The largest absolute Gasteiger partial charge is 0.278 e. The van der Waals surface area contributed by atoms with Crippen molar-refractivity contribution in [3.63, 3.8) is 0 Å². The van der Waals surface area contributed by atoms with Crippen LogP contribution in [0.15, 0.2) is 59.5 Å². The number of non-ortho nitro benzene ring substituents is 1. The van der Waals surface area contributed by atoms with Gasteiger partial charge in [0.25, 0.3) is 11.6 Å². The van der Waals surface area contributed by atoms with Gasteiger partial charge in [-0.1, -0.05) is 18.2 Å². The molecule has 0 spiro atoms. The number of amides is 1. The van der Waals surface area contributed by atoms with Gasteiger partial charge in [0.2, 0.25) is 0 Å². The molecule has 114 valence electrons. The minimum absolute atomic E-state index is 0.00351. The van der Waals surface area contributed by atoms with Crippen molar-refractivity contribution in [2.45, 2.75) is 0 Å². The van der Waals surface area contributed by atoms with Crippen molar-refractivity contribution < 1.29 is 9.72 Å². The first-order valence-electron chi connectivity index (χ1n) is 6.68. The number of anilines is 1. The van der Waals surface area contributed by atoms with Crippen LogP contribution in [0, 0.1) is 15.5 Å². The van der Waals surface area contributed by atoms with Crippen LogP contribution in [-0.4, -0.2) is 16.0 Å². The van der Waals surface area contributed by atoms with Crippen LogP contribution in [0.1, 0.15) is 5.56 Å². The Hall–Kier alpha value is -2.93. The Bertz CT molecular complexity index is 816. The molecule has 0 radical (unpaired) electrons. The summed E-state index contributed by atoms with van der Waals surface area (Å²) in [4.78, 5) is 24.4. The van der Waals surface area contributed by atoms with E-state index in [0.29, 0.717) is 16.2 Å². The summed E-state index contributed by atoms with van der Waals surface area (Å²) in [6, 6.07) is 14.9. The number of thioether (sulfide) groups is 1. The normalized spacial score (nSPS) is 16.2. The number of nitro benzene ring substituents is 1. The van der Waals surface area contributed by atoms with E-state index >= 15 is 0 Å². The third-order valence-corrected chi connectivity index (χ3v) is 4.13. The van der Waals surface area contributed by atoms with E-state index in [1.165, 1.54) is 17.0 Å². The fraction of sp³-hybridized carbons (Fsp3) is 0. The predicted molar refractivity (Wildman–Crippen MR) is 90.3 cm³/mol. The van der Waals surface area contributed by atoms with Crippen molar-refractivity contribution in [2.75, 3.05) is 4.90 Å². The second-order valence-corrected chi connectivity index (χ2v) is 5.77. The molecular weight excluding hydrogens is 314 g/mol. The molecule has 0 saturated carbocycles. The molecule has 23 heavy (non-hydrogen) atoms. The number of para-hydroxylation sites is 1. The first kappa shape index (κ1) is 15.0. The van der Waals surface area contributed by atoms with Gasteiger partial charge in [0.1, 0.15) is 0 Å². The molecule has 0 unspecified atom stereocenters. The molecule has 3 rings (SSSR count). The van der Waals surface area contributed by atoms with Gasteiger partial charge in [0.15, 0.2) is 5.17 Å². The zero-order valence-corrected chi connectivity index (χ0v) is 12.6. The van der Waals surface area contributed by atoms with E-state index in [4.69, 9.17) is 5.41 Å². The number of hydrogen-bond acceptors (Lipinski definition) is 5. The van der Waals surface area contributed by atoms with Crippen LogP contribution in [-0.2, 0) is 4.79 Å². The van der Waals surface area contributed by atoms with Gasteiger partial charge < -0.3 is 0 Å². The molecule has 0 bridgehead atoms. The Morgan fingerprint density at radius 1 is 1.09 bits per heavy atom. The molecule has 2 aromatic rings. The highest BCUT2D eigenvalue weighted by Gasteiger charge is 2.33. The molecular formula is C16H11N3O3S. The average Bonchev–Trinajstić information content (AvgIpc) is 2.82. The summed E-state index contributed by atoms with van der Waals surface area (Å²) in [5.41, 5.74) is 1.31. The monoisotopic (exact) mass is 325 g/mol. The van der Waals surface area contributed by atoms with Crippen molar-refractivity contribution in [1.82, 2.24) is 0 Å². The van der Waals surface area contributed by atoms with Gasteiger partial charge in [-0.05, 0) is 47.7 Å². The summed E-state index contributed by atoms with van der Waals surface area (Å²) >= 11 is 1.07. The molecule has 1 saturated heterocycles. The third kappa shape index (κ3) is 3.00. The van der Waals surface area contributed by atoms with Gasteiger partial charge in [0.05, 0.1) is 15.5 Å². The number of nitro groups is 1. The first-order valence-corrected chi connectivity index (χ1v) is 7.50. The number of amidine groups is 1. The zero-order valence-electron chi connectivity index (χ0n) is 11.8. The lowest BCUT2D eigenvalue weighted by Gasteiger charge is -2.13. The van der Waals surface area contributed by atoms with E-state index in [1.807, 2.05) is 6.07 Å². The van der Waals surface area contributed by atoms with E-state index in [0.717, 1.165) is 11.8 Å². The third-order valence-electron chi connectivity index (χ3n) is 3.24. The summed E-state index contributed by atoms with van der Waals surface area (Å²) in [7, 11) is 0. The molecule has 0 aromatic heterocycles. The van der Waals surface area contributed by atoms with Crippen LogP contribution in [0.2, 0.25) is 0 Å². The molecule has 1 aliphatic heterocycles. The maximum atomic E-state index is 12.5. The van der Waals surface area contributed by atoms with Crippen molar-refractivity contribution in [1.29, 1.82) is 5.41 Å².